The van der Waals surface area contributed by atoms with Gasteiger partial charge in [0.25, 0.3) is 0 Å². The highest BCUT2D eigenvalue weighted by atomic mass is 32.1. The molecule has 3 rings (SSSR count). The normalized spacial score (nSPS) is 23.4. The van der Waals surface area contributed by atoms with Crippen molar-refractivity contribution >= 4 is 33.3 Å². The van der Waals surface area contributed by atoms with E-state index in [0.717, 1.165) is 22.0 Å². The van der Waals surface area contributed by atoms with Crippen LogP contribution in [0.3, 0.4) is 0 Å². The first kappa shape index (κ1) is 11.7. The molecule has 2 heterocycles. The molecule has 2 aromatic rings. The molecule has 1 aliphatic rings. The minimum Gasteiger partial charge on any atom is -0.367 e. The van der Waals surface area contributed by atoms with Gasteiger partial charge in [0.1, 0.15) is 10.6 Å². The van der Waals surface area contributed by atoms with Gasteiger partial charge in [-0.15, -0.1) is 11.3 Å². The zero-order valence-electron chi connectivity index (χ0n) is 10.3. The number of nitrogen functional groups attached to an aromatic ring is 1. The summed E-state index contributed by atoms with van der Waals surface area (Å²) >= 11 is 1.60. The first-order valence-electron chi connectivity index (χ1n) is 6.24. The molecule has 2 aromatic heterocycles. The second-order valence-corrected chi connectivity index (χ2v) is 5.83. The maximum absolute atomic E-state index is 5.41. The summed E-state index contributed by atoms with van der Waals surface area (Å²) in [6.45, 7) is 2.30. The Balaban J connectivity index is 1.92. The number of fused-ring (bicyclic) bond motifs is 1. The van der Waals surface area contributed by atoms with Crippen LogP contribution in [-0.2, 0) is 0 Å². The van der Waals surface area contributed by atoms with Crippen molar-refractivity contribution in [3.8, 4) is 0 Å². The molecule has 0 spiro atoms. The van der Waals surface area contributed by atoms with E-state index in [1.54, 1.807) is 11.3 Å². The number of hydrazine groups is 1. The quantitative estimate of drug-likeness (QED) is 0.586. The Hall–Kier alpha value is -1.40. The lowest BCUT2D eigenvalue weighted by molar-refractivity contribution is 0.602. The first-order valence-corrected chi connectivity index (χ1v) is 7.12. The van der Waals surface area contributed by atoms with Crippen molar-refractivity contribution in [2.75, 3.05) is 10.7 Å². The lowest BCUT2D eigenvalue weighted by Gasteiger charge is -2.14. The van der Waals surface area contributed by atoms with Crippen LogP contribution in [0.5, 0.6) is 0 Å². The van der Waals surface area contributed by atoms with Crippen LogP contribution >= 0.6 is 11.3 Å². The summed E-state index contributed by atoms with van der Waals surface area (Å²) in [5.74, 6) is 7.58. The second kappa shape index (κ2) is 4.70. The highest BCUT2D eigenvalue weighted by Crippen LogP contribution is 2.31. The number of rotatable bonds is 3. The molecular formula is C12H17N5S. The summed E-state index contributed by atoms with van der Waals surface area (Å²) < 4.78 is 0. The number of nitrogens with two attached hydrogens (primary N) is 1. The molecule has 2 atom stereocenters. The van der Waals surface area contributed by atoms with Gasteiger partial charge in [0.2, 0.25) is 5.95 Å². The van der Waals surface area contributed by atoms with E-state index in [-0.39, 0.29) is 0 Å². The summed E-state index contributed by atoms with van der Waals surface area (Å²) in [5, 5.41) is 6.65. The number of hydrogen-bond donors (Lipinski definition) is 3. The molecule has 5 nitrogen and oxygen atoms in total. The molecule has 96 valence electrons. The Morgan fingerprint density at radius 1 is 1.39 bits per heavy atom. The van der Waals surface area contributed by atoms with Crippen LogP contribution in [0, 0.1) is 5.92 Å². The summed E-state index contributed by atoms with van der Waals surface area (Å²) in [6, 6.07) is 2.57. The topological polar surface area (TPSA) is 75.9 Å². The maximum Gasteiger partial charge on any atom is 0.240 e. The minimum absolute atomic E-state index is 0.471. The van der Waals surface area contributed by atoms with E-state index in [1.165, 1.54) is 19.3 Å². The molecule has 1 aliphatic carbocycles. The molecule has 1 saturated carbocycles. The highest BCUT2D eigenvalue weighted by molar-refractivity contribution is 7.16. The fourth-order valence-corrected chi connectivity index (χ4v) is 3.33. The number of aromatic nitrogens is 2. The van der Waals surface area contributed by atoms with E-state index in [2.05, 4.69) is 33.7 Å². The van der Waals surface area contributed by atoms with Crippen LogP contribution in [-0.4, -0.2) is 16.0 Å². The van der Waals surface area contributed by atoms with Gasteiger partial charge in [0.15, 0.2) is 0 Å². The van der Waals surface area contributed by atoms with Gasteiger partial charge in [-0.1, -0.05) is 6.92 Å². The third-order valence-electron chi connectivity index (χ3n) is 3.49. The van der Waals surface area contributed by atoms with Gasteiger partial charge in [-0.2, -0.15) is 4.98 Å². The Morgan fingerprint density at radius 2 is 2.28 bits per heavy atom. The van der Waals surface area contributed by atoms with Gasteiger partial charge in [0, 0.05) is 6.04 Å². The molecule has 0 amide bonds. The smallest absolute Gasteiger partial charge is 0.240 e. The first-order chi connectivity index (χ1) is 8.76. The Morgan fingerprint density at radius 3 is 3.00 bits per heavy atom. The molecule has 0 aliphatic heterocycles. The molecule has 4 N–H and O–H groups in total. The monoisotopic (exact) mass is 263 g/mol. The van der Waals surface area contributed by atoms with Crippen LogP contribution in [0.25, 0.3) is 10.2 Å². The van der Waals surface area contributed by atoms with Crippen molar-refractivity contribution in [1.29, 1.82) is 0 Å². The lowest BCUT2D eigenvalue weighted by atomic mass is 10.1. The van der Waals surface area contributed by atoms with Crippen molar-refractivity contribution in [2.24, 2.45) is 11.8 Å². The molecule has 18 heavy (non-hydrogen) atoms. The van der Waals surface area contributed by atoms with E-state index < -0.39 is 0 Å². The Labute approximate surface area is 110 Å². The van der Waals surface area contributed by atoms with Gasteiger partial charge >= 0.3 is 0 Å². The molecule has 1 fully saturated rings. The van der Waals surface area contributed by atoms with Crippen LogP contribution in [0.15, 0.2) is 11.4 Å². The molecule has 6 heteroatoms. The van der Waals surface area contributed by atoms with Crippen molar-refractivity contribution in [3.05, 3.63) is 11.4 Å². The van der Waals surface area contributed by atoms with Gasteiger partial charge in [0.05, 0.1) is 5.39 Å². The van der Waals surface area contributed by atoms with Gasteiger partial charge in [-0.05, 0) is 36.6 Å². The summed E-state index contributed by atoms with van der Waals surface area (Å²) in [5.41, 5.74) is 2.53. The van der Waals surface area contributed by atoms with Crippen LogP contribution in [0.2, 0.25) is 0 Å². The van der Waals surface area contributed by atoms with Crippen molar-refractivity contribution in [2.45, 2.75) is 32.2 Å². The second-order valence-electron chi connectivity index (χ2n) is 4.94. The molecule has 0 bridgehead atoms. The van der Waals surface area contributed by atoms with E-state index in [0.29, 0.717) is 12.0 Å². The fraction of sp³-hybridized carbons (Fsp3) is 0.500. The Bertz CT molecular complexity index is 552. The number of hydrogen-bond acceptors (Lipinski definition) is 6. The van der Waals surface area contributed by atoms with Crippen LogP contribution in [0.4, 0.5) is 11.8 Å². The number of nitrogens with zero attached hydrogens (tertiary/aromatic N) is 2. The summed E-state index contributed by atoms with van der Waals surface area (Å²) in [4.78, 5) is 9.73. The van der Waals surface area contributed by atoms with Crippen LogP contribution in [0.1, 0.15) is 26.2 Å². The zero-order chi connectivity index (χ0) is 12.5. The average molecular weight is 263 g/mol. The van der Waals surface area contributed by atoms with Crippen molar-refractivity contribution in [3.63, 3.8) is 0 Å². The van der Waals surface area contributed by atoms with E-state index in [4.69, 9.17) is 5.84 Å². The third-order valence-corrected chi connectivity index (χ3v) is 4.30. The van der Waals surface area contributed by atoms with E-state index >= 15 is 0 Å². The van der Waals surface area contributed by atoms with Gasteiger partial charge in [-0.3, -0.25) is 5.43 Å². The molecule has 0 radical (unpaired) electrons. The third kappa shape index (κ3) is 2.13. The number of anilines is 2. The van der Waals surface area contributed by atoms with E-state index in [9.17, 15) is 0 Å². The van der Waals surface area contributed by atoms with E-state index in [1.807, 2.05) is 5.38 Å². The fourth-order valence-electron chi connectivity index (χ4n) is 2.56. The minimum atomic E-state index is 0.471. The molecule has 2 unspecified atom stereocenters. The molecule has 0 saturated heterocycles. The van der Waals surface area contributed by atoms with Gasteiger partial charge < -0.3 is 5.32 Å². The maximum atomic E-state index is 5.41. The number of thiophene rings is 1. The summed E-state index contributed by atoms with van der Waals surface area (Å²) in [6.07, 6.45) is 3.71. The molecule has 0 aromatic carbocycles. The summed E-state index contributed by atoms with van der Waals surface area (Å²) in [7, 11) is 0. The molecular weight excluding hydrogens is 246 g/mol. The van der Waals surface area contributed by atoms with Crippen molar-refractivity contribution in [1.82, 2.24) is 9.97 Å². The Kier molecular flexibility index (Phi) is 3.05. The zero-order valence-corrected chi connectivity index (χ0v) is 11.1. The predicted molar refractivity (Wildman–Crippen MR) is 75.7 cm³/mol. The lowest BCUT2D eigenvalue weighted by Crippen LogP contribution is -2.18. The average Bonchev–Trinajstić information content (AvgIpc) is 2.98. The largest absolute Gasteiger partial charge is 0.367 e. The highest BCUT2D eigenvalue weighted by Gasteiger charge is 2.22. The number of nitrogens with one attached hydrogen (secondary N) is 2. The standard InChI is InChI=1S/C12H17N5S/c1-7-2-3-8(6-7)14-10-9-4-5-18-11(9)16-12(15-10)17-13/h4-5,7-8H,2-3,6,13H2,1H3,(H2,14,15,16,17). The van der Waals surface area contributed by atoms with Crippen LogP contribution < -0.4 is 16.6 Å². The van der Waals surface area contributed by atoms with Gasteiger partial charge in [-0.25, -0.2) is 10.8 Å². The SMILES string of the molecule is CC1CCC(Nc2nc(NN)nc3sccc23)C1. The van der Waals surface area contributed by atoms with Crippen molar-refractivity contribution < 1.29 is 0 Å². The predicted octanol–water partition coefficient (Wildman–Crippen LogP) is 2.58.